The van der Waals surface area contributed by atoms with Crippen molar-refractivity contribution in [3.05, 3.63) is 0 Å². The summed E-state index contributed by atoms with van der Waals surface area (Å²) in [7, 11) is 6.68. The summed E-state index contributed by atoms with van der Waals surface area (Å²) in [4.78, 5) is 0. The van der Waals surface area contributed by atoms with E-state index in [1.165, 1.54) is 6.42 Å². The molecule has 0 bridgehead atoms. The first-order chi connectivity index (χ1) is 6.91. The maximum absolute atomic E-state index is 2.48. The van der Waals surface area contributed by atoms with Crippen molar-refractivity contribution in [3.63, 3.8) is 0 Å². The maximum atomic E-state index is 2.48. The fourth-order valence-corrected chi connectivity index (χ4v) is 2.63. The average Bonchev–Trinajstić information content (AvgIpc) is 2.23. The lowest BCUT2D eigenvalue weighted by Crippen LogP contribution is -2.74. The highest BCUT2D eigenvalue weighted by Crippen LogP contribution is 2.25. The van der Waals surface area contributed by atoms with E-state index in [0.717, 1.165) is 5.82 Å². The van der Waals surface area contributed by atoms with Crippen LogP contribution in [-0.4, -0.2) is 56.3 Å². The number of hydrogen-bond donors (Lipinski definition) is 0. The number of nitrogens with zero attached hydrogens (tertiary/aromatic N) is 3. The molecule has 1 atom stereocenters. The second kappa shape index (κ2) is 4.94. The molecule has 1 aliphatic heterocycles. The quantitative estimate of drug-likeness (QED) is 0.632. The Morgan fingerprint density at radius 3 is 1.67 bits per heavy atom. The Labute approximate surface area is 96.5 Å². The largest absolute Gasteiger partial charge is 0.360 e. The van der Waals surface area contributed by atoms with Gasteiger partial charge in [0.2, 0.25) is 0 Å². The first kappa shape index (κ1) is 13.1. The predicted molar refractivity (Wildman–Crippen MR) is 72.0 cm³/mol. The van der Waals surface area contributed by atoms with Crippen molar-refractivity contribution in [2.75, 3.05) is 21.1 Å². The fourth-order valence-electron chi connectivity index (χ4n) is 2.63. The lowest BCUT2D eigenvalue weighted by Gasteiger charge is -2.50. The summed E-state index contributed by atoms with van der Waals surface area (Å²) in [6.45, 7) is 10.8. The number of rotatable bonds is 2. The van der Waals surface area contributed by atoms with Crippen molar-refractivity contribution in [3.8, 4) is 0 Å². The summed E-state index contributed by atoms with van der Waals surface area (Å²) >= 11 is 0. The summed E-state index contributed by atoms with van der Waals surface area (Å²) in [5.74, 6) is 0.721. The molecule has 1 unspecified atom stereocenters. The zero-order valence-corrected chi connectivity index (χ0v) is 11.4. The molecular formula is C9H24B3N3. The molecule has 0 saturated carbocycles. The van der Waals surface area contributed by atoms with E-state index in [1.54, 1.807) is 0 Å². The van der Waals surface area contributed by atoms with Crippen molar-refractivity contribution in [2.45, 2.75) is 39.7 Å². The van der Waals surface area contributed by atoms with Crippen LogP contribution in [0.4, 0.5) is 0 Å². The van der Waals surface area contributed by atoms with E-state index in [1.807, 2.05) is 0 Å². The Hall–Kier alpha value is 0.0748. The molecular weight excluding hydrogens is 183 g/mol. The van der Waals surface area contributed by atoms with Gasteiger partial charge in [-0.1, -0.05) is 33.9 Å². The van der Waals surface area contributed by atoms with E-state index in [2.05, 4.69) is 62.8 Å². The van der Waals surface area contributed by atoms with Crippen LogP contribution >= 0.6 is 0 Å². The Kier molecular flexibility index (Phi) is 4.33. The normalized spacial score (nSPS) is 23.8. The van der Waals surface area contributed by atoms with Crippen LogP contribution in [0, 0.1) is 0 Å². The van der Waals surface area contributed by atoms with Gasteiger partial charge >= 0.3 is 0 Å². The van der Waals surface area contributed by atoms with Crippen LogP contribution in [0.3, 0.4) is 0 Å². The van der Waals surface area contributed by atoms with Gasteiger partial charge in [0.1, 0.15) is 0 Å². The van der Waals surface area contributed by atoms with Gasteiger partial charge in [0, 0.05) is 0 Å². The number of hydrogen-bond acceptors (Lipinski definition) is 3. The summed E-state index contributed by atoms with van der Waals surface area (Å²) in [5, 5.41) is 0. The lowest BCUT2D eigenvalue weighted by molar-refractivity contribution is 0.519. The molecule has 0 aromatic rings. The smallest absolute Gasteiger partial charge is 0.292 e. The molecule has 0 aliphatic carbocycles. The van der Waals surface area contributed by atoms with Gasteiger partial charge < -0.3 is 14.2 Å². The highest BCUT2D eigenvalue weighted by atomic mass is 15.3. The molecule has 0 spiro atoms. The van der Waals surface area contributed by atoms with Gasteiger partial charge in [0.25, 0.3) is 20.9 Å². The van der Waals surface area contributed by atoms with E-state index in [-0.39, 0.29) is 0 Å². The molecule has 1 rings (SSSR count). The summed E-state index contributed by atoms with van der Waals surface area (Å²) in [6, 6.07) is 0. The molecule has 0 amide bonds. The summed E-state index contributed by atoms with van der Waals surface area (Å²) in [6.07, 6.45) is 1.24. The van der Waals surface area contributed by atoms with Crippen LogP contribution in [0.5, 0.6) is 0 Å². The third kappa shape index (κ3) is 2.27. The zero-order chi connectivity index (χ0) is 11.7. The monoisotopic (exact) mass is 207 g/mol. The van der Waals surface area contributed by atoms with Gasteiger partial charge in [-0.05, 0) is 27.0 Å². The third-order valence-corrected chi connectivity index (χ3v) is 4.35. The van der Waals surface area contributed by atoms with E-state index >= 15 is 0 Å². The van der Waals surface area contributed by atoms with Crippen molar-refractivity contribution >= 4 is 20.9 Å². The molecule has 0 radical (unpaired) electrons. The van der Waals surface area contributed by atoms with Gasteiger partial charge in [-0.25, -0.2) is 0 Å². The van der Waals surface area contributed by atoms with Crippen molar-refractivity contribution in [1.82, 2.24) is 14.2 Å². The summed E-state index contributed by atoms with van der Waals surface area (Å²) in [5.41, 5.74) is 0. The third-order valence-electron chi connectivity index (χ3n) is 4.35. The van der Waals surface area contributed by atoms with Crippen LogP contribution in [-0.2, 0) is 0 Å². The Morgan fingerprint density at radius 1 is 0.933 bits per heavy atom. The molecule has 1 heterocycles. The highest BCUT2D eigenvalue weighted by molar-refractivity contribution is 6.85. The second-order valence-corrected chi connectivity index (χ2v) is 5.06. The molecule has 1 aliphatic rings. The van der Waals surface area contributed by atoms with E-state index < -0.39 is 0 Å². The van der Waals surface area contributed by atoms with E-state index in [0.29, 0.717) is 20.9 Å². The maximum Gasteiger partial charge on any atom is 0.292 e. The predicted octanol–water partition coefficient (Wildman–Crippen LogP) is 1.32. The van der Waals surface area contributed by atoms with Crippen molar-refractivity contribution in [2.24, 2.45) is 0 Å². The summed E-state index contributed by atoms with van der Waals surface area (Å²) < 4.78 is 7.38. The van der Waals surface area contributed by atoms with Gasteiger partial charge in [-0.15, -0.1) is 0 Å². The topological polar surface area (TPSA) is 9.72 Å². The fraction of sp³-hybridized carbons (Fsp3) is 1.00. The van der Waals surface area contributed by atoms with Gasteiger partial charge in [-0.3, -0.25) is 0 Å². The Balaban J connectivity index is 2.86. The lowest BCUT2D eigenvalue weighted by atomic mass is 9.41. The standard InChI is InChI=1S/C9H24B3N3/c1-8-9(2)12-14(6)10(3)13(5)11(4)15(12)7/h9H,8H2,1-7H3. The minimum Gasteiger partial charge on any atom is -0.360 e. The highest BCUT2D eigenvalue weighted by Gasteiger charge is 2.45. The van der Waals surface area contributed by atoms with Crippen LogP contribution < -0.4 is 0 Å². The minimum absolute atomic E-state index is 0.523. The van der Waals surface area contributed by atoms with Crippen molar-refractivity contribution < 1.29 is 0 Å². The van der Waals surface area contributed by atoms with Gasteiger partial charge in [0.15, 0.2) is 0 Å². The molecule has 3 nitrogen and oxygen atoms in total. The van der Waals surface area contributed by atoms with Crippen LogP contribution in [0.25, 0.3) is 0 Å². The average molecular weight is 207 g/mol. The molecule has 0 aromatic heterocycles. The zero-order valence-electron chi connectivity index (χ0n) is 11.4. The second-order valence-electron chi connectivity index (χ2n) is 5.06. The van der Waals surface area contributed by atoms with Gasteiger partial charge in [0.05, 0.1) is 0 Å². The van der Waals surface area contributed by atoms with Crippen LogP contribution in [0.1, 0.15) is 20.3 Å². The van der Waals surface area contributed by atoms with Crippen molar-refractivity contribution in [1.29, 1.82) is 0 Å². The van der Waals surface area contributed by atoms with Crippen LogP contribution in [0.15, 0.2) is 0 Å². The van der Waals surface area contributed by atoms with E-state index in [9.17, 15) is 0 Å². The SMILES string of the molecule is CCC(C)B1N(C)B(C)N(C)B(C)N1C. The molecule has 0 N–H and O–H groups in total. The minimum atomic E-state index is 0.523. The first-order valence-electron chi connectivity index (χ1n) is 6.07. The Morgan fingerprint density at radius 2 is 1.33 bits per heavy atom. The molecule has 1 fully saturated rings. The molecule has 1 saturated heterocycles. The molecule has 84 valence electrons. The van der Waals surface area contributed by atoms with E-state index in [4.69, 9.17) is 0 Å². The molecule has 0 aromatic carbocycles. The Bertz CT molecular complexity index is 201. The van der Waals surface area contributed by atoms with Gasteiger partial charge in [-0.2, -0.15) is 0 Å². The first-order valence-corrected chi connectivity index (χ1v) is 6.07. The van der Waals surface area contributed by atoms with Crippen LogP contribution in [0.2, 0.25) is 19.5 Å². The molecule has 6 heteroatoms. The molecule has 15 heavy (non-hydrogen) atoms.